The van der Waals surface area contributed by atoms with Crippen molar-refractivity contribution in [3.63, 3.8) is 0 Å². The fourth-order valence-electron chi connectivity index (χ4n) is 2.83. The van der Waals surface area contributed by atoms with E-state index in [-0.39, 0.29) is 16.8 Å². The van der Waals surface area contributed by atoms with Gasteiger partial charge in [0.25, 0.3) is 0 Å². The number of benzene rings is 2. The molecule has 0 fully saturated rings. The maximum absolute atomic E-state index is 12.3. The van der Waals surface area contributed by atoms with Crippen molar-refractivity contribution in [2.45, 2.75) is 44.6 Å². The number of rotatable bonds is 7. The van der Waals surface area contributed by atoms with Crippen LogP contribution < -0.4 is 5.32 Å². The van der Waals surface area contributed by atoms with E-state index in [0.29, 0.717) is 12.3 Å². The first-order valence-electron chi connectivity index (χ1n) is 8.82. The van der Waals surface area contributed by atoms with E-state index in [4.69, 9.17) is 0 Å². The quantitative estimate of drug-likeness (QED) is 0.805. The maximum atomic E-state index is 12.3. The van der Waals surface area contributed by atoms with Crippen LogP contribution >= 0.6 is 0 Å². The van der Waals surface area contributed by atoms with Crippen LogP contribution in [0.15, 0.2) is 53.4 Å². The third kappa shape index (κ3) is 5.99. The largest absolute Gasteiger partial charge is 0.349 e. The van der Waals surface area contributed by atoms with Crippen molar-refractivity contribution < 1.29 is 13.2 Å². The molecule has 140 valence electrons. The van der Waals surface area contributed by atoms with E-state index in [1.54, 1.807) is 24.3 Å². The highest BCUT2D eigenvalue weighted by Crippen LogP contribution is 2.17. The molecule has 0 bridgehead atoms. The second kappa shape index (κ2) is 8.49. The second-order valence-corrected chi connectivity index (χ2v) is 9.24. The Morgan fingerprint density at radius 2 is 1.46 bits per heavy atom. The SMILES string of the molecule is CC(C)Cc1ccc(CC(=O)NC(C)c2ccc(S(C)(=O)=O)cc2)cc1. The number of sulfone groups is 1. The van der Waals surface area contributed by atoms with Crippen LogP contribution in [0.3, 0.4) is 0 Å². The molecule has 1 unspecified atom stereocenters. The average molecular weight is 374 g/mol. The van der Waals surface area contributed by atoms with Crippen LogP contribution in [0.4, 0.5) is 0 Å². The molecule has 0 saturated carbocycles. The molecule has 1 N–H and O–H groups in total. The van der Waals surface area contributed by atoms with Gasteiger partial charge in [-0.2, -0.15) is 0 Å². The minimum absolute atomic E-state index is 0.0544. The second-order valence-electron chi connectivity index (χ2n) is 7.22. The predicted octanol–water partition coefficient (Wildman–Crippen LogP) is 3.71. The van der Waals surface area contributed by atoms with Crippen LogP contribution in [0.1, 0.15) is 43.5 Å². The van der Waals surface area contributed by atoms with Gasteiger partial charge in [0.15, 0.2) is 9.84 Å². The molecular formula is C21H27NO3S. The molecule has 0 radical (unpaired) electrons. The topological polar surface area (TPSA) is 63.2 Å². The number of carbonyl (C=O) groups excluding carboxylic acids is 1. The van der Waals surface area contributed by atoms with Crippen LogP contribution in [0.5, 0.6) is 0 Å². The molecule has 0 aliphatic heterocycles. The van der Waals surface area contributed by atoms with Gasteiger partial charge in [-0.1, -0.05) is 50.2 Å². The molecule has 4 nitrogen and oxygen atoms in total. The Morgan fingerprint density at radius 3 is 1.96 bits per heavy atom. The van der Waals surface area contributed by atoms with E-state index in [0.717, 1.165) is 17.5 Å². The normalized spacial score (nSPS) is 12.8. The van der Waals surface area contributed by atoms with Gasteiger partial charge in [0.05, 0.1) is 17.4 Å². The lowest BCUT2D eigenvalue weighted by atomic mass is 10.0. The summed E-state index contributed by atoms with van der Waals surface area (Å²) in [5.74, 6) is 0.556. The maximum Gasteiger partial charge on any atom is 0.224 e. The molecule has 0 spiro atoms. The van der Waals surface area contributed by atoms with Crippen LogP contribution in [0.2, 0.25) is 0 Å². The van der Waals surface area contributed by atoms with Crippen LogP contribution in [0, 0.1) is 5.92 Å². The molecule has 0 aromatic heterocycles. The number of hydrogen-bond donors (Lipinski definition) is 1. The molecule has 0 heterocycles. The molecule has 0 saturated heterocycles. The molecule has 26 heavy (non-hydrogen) atoms. The van der Waals surface area contributed by atoms with Crippen LogP contribution in [0.25, 0.3) is 0 Å². The Balaban J connectivity index is 1.94. The summed E-state index contributed by atoms with van der Waals surface area (Å²) >= 11 is 0. The number of nitrogens with one attached hydrogen (secondary N) is 1. The molecule has 0 aliphatic rings. The Kier molecular flexibility index (Phi) is 6.59. The Labute approximate surface area is 156 Å². The van der Waals surface area contributed by atoms with E-state index in [2.05, 4.69) is 31.3 Å². The Hall–Kier alpha value is -2.14. The summed E-state index contributed by atoms with van der Waals surface area (Å²) in [7, 11) is -3.21. The summed E-state index contributed by atoms with van der Waals surface area (Å²) in [6.45, 7) is 6.26. The summed E-state index contributed by atoms with van der Waals surface area (Å²) < 4.78 is 23.0. The summed E-state index contributed by atoms with van der Waals surface area (Å²) in [6, 6.07) is 14.6. The summed E-state index contributed by atoms with van der Waals surface area (Å²) in [5, 5.41) is 2.96. The highest BCUT2D eigenvalue weighted by molar-refractivity contribution is 7.90. The molecular weight excluding hydrogens is 346 g/mol. The van der Waals surface area contributed by atoms with Crippen molar-refractivity contribution in [1.29, 1.82) is 0 Å². The summed E-state index contributed by atoms with van der Waals surface area (Å²) in [4.78, 5) is 12.6. The van der Waals surface area contributed by atoms with Crippen LogP contribution in [-0.2, 0) is 27.5 Å². The fraction of sp³-hybridized carbons (Fsp3) is 0.381. The van der Waals surface area contributed by atoms with Gasteiger partial charge in [-0.3, -0.25) is 4.79 Å². The zero-order chi connectivity index (χ0) is 19.3. The molecule has 1 atom stereocenters. The van der Waals surface area contributed by atoms with Gasteiger partial charge < -0.3 is 5.32 Å². The highest BCUT2D eigenvalue weighted by atomic mass is 32.2. The van der Waals surface area contributed by atoms with Crippen molar-refractivity contribution >= 4 is 15.7 Å². The van der Waals surface area contributed by atoms with Gasteiger partial charge in [0.1, 0.15) is 0 Å². The lowest BCUT2D eigenvalue weighted by molar-refractivity contribution is -0.121. The van der Waals surface area contributed by atoms with Gasteiger partial charge in [0.2, 0.25) is 5.91 Å². The van der Waals surface area contributed by atoms with E-state index >= 15 is 0 Å². The van der Waals surface area contributed by atoms with Crippen molar-refractivity contribution in [1.82, 2.24) is 5.32 Å². The Morgan fingerprint density at radius 1 is 0.923 bits per heavy atom. The monoisotopic (exact) mass is 373 g/mol. The zero-order valence-corrected chi connectivity index (χ0v) is 16.6. The van der Waals surface area contributed by atoms with Crippen molar-refractivity contribution in [3.8, 4) is 0 Å². The first-order valence-corrected chi connectivity index (χ1v) is 10.7. The highest BCUT2D eigenvalue weighted by Gasteiger charge is 2.12. The average Bonchev–Trinajstić information content (AvgIpc) is 2.55. The van der Waals surface area contributed by atoms with Gasteiger partial charge in [-0.05, 0) is 48.1 Å². The van der Waals surface area contributed by atoms with Crippen molar-refractivity contribution in [3.05, 3.63) is 65.2 Å². The lowest BCUT2D eigenvalue weighted by Crippen LogP contribution is -2.28. The lowest BCUT2D eigenvalue weighted by Gasteiger charge is -2.15. The third-order valence-corrected chi connectivity index (χ3v) is 5.35. The number of carbonyl (C=O) groups is 1. The number of hydrogen-bond acceptors (Lipinski definition) is 3. The van der Waals surface area contributed by atoms with Crippen LogP contribution in [-0.4, -0.2) is 20.6 Å². The first kappa shape index (κ1) is 20.2. The predicted molar refractivity (Wildman–Crippen MR) is 105 cm³/mol. The van der Waals surface area contributed by atoms with E-state index in [1.165, 1.54) is 11.8 Å². The van der Waals surface area contributed by atoms with E-state index < -0.39 is 9.84 Å². The molecule has 1 amide bonds. The van der Waals surface area contributed by atoms with E-state index in [9.17, 15) is 13.2 Å². The third-order valence-electron chi connectivity index (χ3n) is 4.22. The number of amides is 1. The van der Waals surface area contributed by atoms with Gasteiger partial charge in [0, 0.05) is 6.26 Å². The standard InChI is InChI=1S/C21H27NO3S/c1-15(2)13-17-5-7-18(8-6-17)14-21(23)22-16(3)19-9-11-20(12-10-19)26(4,24)25/h5-12,15-16H,13-14H2,1-4H3,(H,22,23). The minimum Gasteiger partial charge on any atom is -0.349 e. The molecule has 5 heteroatoms. The van der Waals surface area contributed by atoms with Gasteiger partial charge >= 0.3 is 0 Å². The molecule has 0 aliphatic carbocycles. The van der Waals surface area contributed by atoms with Gasteiger partial charge in [-0.15, -0.1) is 0 Å². The fourth-order valence-corrected chi connectivity index (χ4v) is 3.46. The van der Waals surface area contributed by atoms with Crippen molar-refractivity contribution in [2.75, 3.05) is 6.26 Å². The van der Waals surface area contributed by atoms with Crippen molar-refractivity contribution in [2.24, 2.45) is 5.92 Å². The molecule has 2 aromatic carbocycles. The molecule has 2 aromatic rings. The summed E-state index contributed by atoms with van der Waals surface area (Å²) in [6.07, 6.45) is 2.54. The zero-order valence-electron chi connectivity index (χ0n) is 15.8. The first-order chi connectivity index (χ1) is 12.1. The summed E-state index contributed by atoms with van der Waals surface area (Å²) in [5.41, 5.74) is 3.14. The molecule has 2 rings (SSSR count). The van der Waals surface area contributed by atoms with E-state index in [1.807, 2.05) is 19.1 Å². The minimum atomic E-state index is -3.21. The Bertz CT molecular complexity index is 838. The smallest absolute Gasteiger partial charge is 0.224 e. The van der Waals surface area contributed by atoms with Gasteiger partial charge in [-0.25, -0.2) is 8.42 Å².